The van der Waals surface area contributed by atoms with Gasteiger partial charge < -0.3 is 20.2 Å². The average molecular weight is 262 g/mol. The molecule has 0 amide bonds. The second-order valence-electron chi connectivity index (χ2n) is 3.87. The van der Waals surface area contributed by atoms with Gasteiger partial charge in [-0.15, -0.1) is 0 Å². The number of nitro groups is 1. The molecule has 0 fully saturated rings. The van der Waals surface area contributed by atoms with Gasteiger partial charge in [-0.1, -0.05) is 18.2 Å². The molecule has 7 nitrogen and oxygen atoms in total. The van der Waals surface area contributed by atoms with E-state index in [9.17, 15) is 10.1 Å². The Morgan fingerprint density at radius 3 is 2.84 bits per heavy atom. The van der Waals surface area contributed by atoms with E-state index in [1.54, 1.807) is 11.6 Å². The summed E-state index contributed by atoms with van der Waals surface area (Å²) < 4.78 is 7.05. The number of hydrogen-bond acceptors (Lipinski definition) is 5. The summed E-state index contributed by atoms with van der Waals surface area (Å²) in [6, 6.07) is 9.38. The number of rotatable bonds is 6. The highest BCUT2D eigenvalue weighted by molar-refractivity contribution is 5.51. The third kappa shape index (κ3) is 3.21. The number of aromatic nitrogens is 2. The number of nitrogens with zero attached hydrogens (tertiary/aromatic N) is 3. The molecule has 0 aliphatic heterocycles. The van der Waals surface area contributed by atoms with E-state index in [2.05, 4.69) is 10.3 Å². The Kier molecular flexibility index (Phi) is 3.97. The lowest BCUT2D eigenvalue weighted by Crippen LogP contribution is -2.14. The Balaban J connectivity index is 1.86. The second-order valence-corrected chi connectivity index (χ2v) is 3.87. The van der Waals surface area contributed by atoms with Crippen LogP contribution in [0.25, 0.3) is 0 Å². The zero-order valence-corrected chi connectivity index (χ0v) is 10.4. The van der Waals surface area contributed by atoms with E-state index in [0.29, 0.717) is 19.0 Å². The summed E-state index contributed by atoms with van der Waals surface area (Å²) in [4.78, 5) is 13.9. The van der Waals surface area contributed by atoms with Gasteiger partial charge in [0, 0.05) is 7.05 Å². The van der Waals surface area contributed by atoms with Gasteiger partial charge in [0.2, 0.25) is 12.1 Å². The lowest BCUT2D eigenvalue weighted by molar-refractivity contribution is -0.388. The molecule has 19 heavy (non-hydrogen) atoms. The zero-order chi connectivity index (χ0) is 13.7. The van der Waals surface area contributed by atoms with Gasteiger partial charge in [-0.3, -0.25) is 4.57 Å². The maximum atomic E-state index is 10.7. The molecule has 0 radical (unpaired) electrons. The lowest BCUT2D eigenvalue weighted by Gasteiger charge is -2.08. The van der Waals surface area contributed by atoms with Gasteiger partial charge in [-0.25, -0.2) is 0 Å². The smallest absolute Gasteiger partial charge is 0.406 e. The first-order valence-corrected chi connectivity index (χ1v) is 5.76. The minimum atomic E-state index is -0.514. The first kappa shape index (κ1) is 12.9. The maximum Gasteiger partial charge on any atom is 0.406 e. The minimum Gasteiger partial charge on any atom is -0.492 e. The number of benzene rings is 1. The number of aryl methyl sites for hydroxylation is 1. The van der Waals surface area contributed by atoms with Gasteiger partial charge in [0.15, 0.2) is 0 Å². The molecule has 0 unspecified atom stereocenters. The summed E-state index contributed by atoms with van der Waals surface area (Å²) in [6.45, 7) is 0.863. The van der Waals surface area contributed by atoms with Crippen LogP contribution >= 0.6 is 0 Å². The van der Waals surface area contributed by atoms with E-state index in [4.69, 9.17) is 4.74 Å². The van der Waals surface area contributed by atoms with E-state index in [0.717, 1.165) is 5.75 Å². The van der Waals surface area contributed by atoms with Crippen LogP contribution in [0.2, 0.25) is 0 Å². The summed E-state index contributed by atoms with van der Waals surface area (Å²) in [6.07, 6.45) is 1.40. The van der Waals surface area contributed by atoms with Gasteiger partial charge in [-0.05, 0) is 22.0 Å². The van der Waals surface area contributed by atoms with E-state index in [-0.39, 0.29) is 5.82 Å². The van der Waals surface area contributed by atoms with Crippen LogP contribution in [0.15, 0.2) is 36.7 Å². The van der Waals surface area contributed by atoms with Crippen LogP contribution < -0.4 is 10.1 Å². The van der Waals surface area contributed by atoms with Crippen molar-refractivity contribution in [1.82, 2.24) is 9.55 Å². The number of nitrogens with one attached hydrogen (secondary N) is 1. The zero-order valence-electron chi connectivity index (χ0n) is 10.4. The SMILES string of the molecule is Cn1cnc([N+](=O)[O-])c1NCCOc1ccccc1. The molecule has 0 atom stereocenters. The molecular formula is C12H14N4O3. The summed E-state index contributed by atoms with van der Waals surface area (Å²) in [5, 5.41) is 13.7. The molecule has 2 rings (SSSR count). The first-order chi connectivity index (χ1) is 9.18. The van der Waals surface area contributed by atoms with Crippen LogP contribution in [0.3, 0.4) is 0 Å². The van der Waals surface area contributed by atoms with Crippen molar-refractivity contribution in [3.8, 4) is 5.75 Å². The van der Waals surface area contributed by atoms with Gasteiger partial charge in [0.25, 0.3) is 0 Å². The van der Waals surface area contributed by atoms with Crippen molar-refractivity contribution in [3.05, 3.63) is 46.8 Å². The Bertz CT molecular complexity index is 553. The van der Waals surface area contributed by atoms with Gasteiger partial charge in [-0.2, -0.15) is 0 Å². The maximum absolute atomic E-state index is 10.7. The summed E-state index contributed by atoms with van der Waals surface area (Å²) in [5.74, 6) is 0.965. The molecule has 7 heteroatoms. The molecule has 100 valence electrons. The van der Waals surface area contributed by atoms with Crippen molar-refractivity contribution >= 4 is 11.6 Å². The molecule has 0 saturated carbocycles. The fraction of sp³-hybridized carbons (Fsp3) is 0.250. The van der Waals surface area contributed by atoms with Crippen LogP contribution in [0.1, 0.15) is 0 Å². The van der Waals surface area contributed by atoms with Crippen LogP contribution in [0, 0.1) is 10.1 Å². The second kappa shape index (κ2) is 5.85. The van der Waals surface area contributed by atoms with E-state index in [1.165, 1.54) is 6.33 Å². The van der Waals surface area contributed by atoms with E-state index in [1.807, 2.05) is 30.3 Å². The highest BCUT2D eigenvalue weighted by Crippen LogP contribution is 2.20. The molecule has 0 spiro atoms. The standard InChI is InChI=1S/C12H14N4O3/c1-15-9-14-12(16(17)18)11(15)13-7-8-19-10-5-3-2-4-6-10/h2-6,9,13H,7-8H2,1H3. The Labute approximate surface area is 110 Å². The molecule has 0 bridgehead atoms. The molecule has 0 aliphatic rings. The molecule has 0 aliphatic carbocycles. The third-order valence-electron chi connectivity index (χ3n) is 2.50. The van der Waals surface area contributed by atoms with Crippen molar-refractivity contribution in [2.24, 2.45) is 7.05 Å². The molecule has 1 heterocycles. The van der Waals surface area contributed by atoms with Gasteiger partial charge in [0.05, 0.1) is 6.54 Å². The highest BCUT2D eigenvalue weighted by Gasteiger charge is 2.19. The number of ether oxygens (including phenoxy) is 1. The monoisotopic (exact) mass is 262 g/mol. The van der Waals surface area contributed by atoms with Crippen molar-refractivity contribution in [2.75, 3.05) is 18.5 Å². The number of hydrogen-bond donors (Lipinski definition) is 1. The molecular weight excluding hydrogens is 248 g/mol. The van der Waals surface area contributed by atoms with Crippen LogP contribution in [0.5, 0.6) is 5.75 Å². The normalized spacial score (nSPS) is 10.2. The quantitative estimate of drug-likeness (QED) is 0.488. The molecule has 2 aromatic rings. The minimum absolute atomic E-state index is 0.179. The van der Waals surface area contributed by atoms with Crippen LogP contribution in [0.4, 0.5) is 11.6 Å². The largest absolute Gasteiger partial charge is 0.492 e. The molecule has 1 N–H and O–H groups in total. The Hall–Kier alpha value is -2.57. The lowest BCUT2D eigenvalue weighted by atomic mass is 10.3. The average Bonchev–Trinajstić information content (AvgIpc) is 2.77. The first-order valence-electron chi connectivity index (χ1n) is 5.76. The number of imidazole rings is 1. The van der Waals surface area contributed by atoms with Crippen molar-refractivity contribution in [1.29, 1.82) is 0 Å². The molecule has 1 aromatic carbocycles. The Morgan fingerprint density at radius 2 is 2.16 bits per heavy atom. The van der Waals surface area contributed by atoms with Crippen molar-refractivity contribution < 1.29 is 9.66 Å². The van der Waals surface area contributed by atoms with Crippen LogP contribution in [-0.4, -0.2) is 27.6 Å². The summed E-state index contributed by atoms with van der Waals surface area (Å²) in [5.41, 5.74) is 0. The fourth-order valence-corrected chi connectivity index (χ4v) is 1.61. The summed E-state index contributed by atoms with van der Waals surface area (Å²) >= 11 is 0. The van der Waals surface area contributed by atoms with Crippen molar-refractivity contribution in [2.45, 2.75) is 0 Å². The Morgan fingerprint density at radius 1 is 1.42 bits per heavy atom. The fourth-order valence-electron chi connectivity index (χ4n) is 1.61. The predicted molar refractivity (Wildman–Crippen MR) is 70.3 cm³/mol. The highest BCUT2D eigenvalue weighted by atomic mass is 16.6. The molecule has 0 saturated heterocycles. The third-order valence-corrected chi connectivity index (χ3v) is 2.50. The number of anilines is 1. The number of para-hydroxylation sites is 1. The molecule has 1 aromatic heterocycles. The predicted octanol–water partition coefficient (Wildman–Crippen LogP) is 1.82. The van der Waals surface area contributed by atoms with E-state index >= 15 is 0 Å². The van der Waals surface area contributed by atoms with Crippen molar-refractivity contribution in [3.63, 3.8) is 0 Å². The van der Waals surface area contributed by atoms with Crippen LogP contribution in [-0.2, 0) is 7.05 Å². The van der Waals surface area contributed by atoms with Gasteiger partial charge in [0.1, 0.15) is 12.4 Å². The van der Waals surface area contributed by atoms with Gasteiger partial charge >= 0.3 is 5.82 Å². The summed E-state index contributed by atoms with van der Waals surface area (Å²) in [7, 11) is 1.69. The topological polar surface area (TPSA) is 82.2 Å². The van der Waals surface area contributed by atoms with E-state index < -0.39 is 4.92 Å².